The fourth-order valence-corrected chi connectivity index (χ4v) is 1.58. The number of nitrogens with two attached hydrogens (primary N) is 1. The Bertz CT molecular complexity index is 340. The molecule has 1 aromatic rings. The number of aryl methyl sites for hydroxylation is 1. The van der Waals surface area contributed by atoms with E-state index < -0.39 is 0 Å². The van der Waals surface area contributed by atoms with Crippen molar-refractivity contribution in [1.29, 1.82) is 0 Å². The first-order valence-corrected chi connectivity index (χ1v) is 5.24. The number of rotatable bonds is 4. The van der Waals surface area contributed by atoms with Crippen LogP contribution in [0, 0.1) is 0 Å². The number of hydrogen-bond donors (Lipinski definition) is 2. The van der Waals surface area contributed by atoms with E-state index in [1.165, 1.54) is 7.11 Å². The average Bonchev–Trinajstić information content (AvgIpc) is 2.20. The molecule has 0 aliphatic carbocycles. The quantitative estimate of drug-likeness (QED) is 0.833. The molecule has 3 nitrogen and oxygen atoms in total. The lowest BCUT2D eigenvalue weighted by molar-refractivity contribution is 0.373. The Kier molecular flexibility index (Phi) is 4.24. The summed E-state index contributed by atoms with van der Waals surface area (Å²) < 4.78 is 4.95. The first kappa shape index (κ1) is 12.1. The van der Waals surface area contributed by atoms with Gasteiger partial charge in [0.15, 0.2) is 11.5 Å². The van der Waals surface area contributed by atoms with E-state index in [-0.39, 0.29) is 11.8 Å². The van der Waals surface area contributed by atoms with Gasteiger partial charge in [-0.05, 0) is 31.4 Å². The number of phenolic OH excluding ortho intramolecular Hbond substituents is 1. The summed E-state index contributed by atoms with van der Waals surface area (Å²) in [6.07, 6.45) is 1.60. The molecule has 4 heteroatoms. The van der Waals surface area contributed by atoms with Gasteiger partial charge >= 0.3 is 0 Å². The SMILES string of the molecule is COc1ccc(CCC(C)N)c(Cl)c1O. The summed E-state index contributed by atoms with van der Waals surface area (Å²) in [4.78, 5) is 0. The molecule has 1 atom stereocenters. The number of aromatic hydroxyl groups is 1. The molecule has 0 saturated heterocycles. The van der Waals surface area contributed by atoms with Gasteiger partial charge in [0.25, 0.3) is 0 Å². The maximum atomic E-state index is 9.66. The van der Waals surface area contributed by atoms with E-state index in [2.05, 4.69) is 0 Å². The van der Waals surface area contributed by atoms with Crippen molar-refractivity contribution in [2.75, 3.05) is 7.11 Å². The smallest absolute Gasteiger partial charge is 0.177 e. The molecule has 1 aromatic carbocycles. The lowest BCUT2D eigenvalue weighted by Crippen LogP contribution is -2.15. The van der Waals surface area contributed by atoms with Crippen LogP contribution in [0.4, 0.5) is 0 Å². The largest absolute Gasteiger partial charge is 0.503 e. The molecule has 0 amide bonds. The summed E-state index contributed by atoms with van der Waals surface area (Å²) in [5.41, 5.74) is 6.55. The van der Waals surface area contributed by atoms with Crippen molar-refractivity contribution >= 4 is 11.6 Å². The molecule has 0 heterocycles. The predicted molar refractivity (Wildman–Crippen MR) is 61.6 cm³/mol. The third-order valence-corrected chi connectivity index (χ3v) is 2.67. The summed E-state index contributed by atoms with van der Waals surface area (Å²) >= 11 is 5.99. The second-order valence-corrected chi connectivity index (χ2v) is 3.98. The molecule has 0 aliphatic heterocycles. The van der Waals surface area contributed by atoms with Gasteiger partial charge in [-0.15, -0.1) is 0 Å². The van der Waals surface area contributed by atoms with Crippen molar-refractivity contribution in [2.45, 2.75) is 25.8 Å². The van der Waals surface area contributed by atoms with Crippen LogP contribution in [0.25, 0.3) is 0 Å². The zero-order valence-corrected chi connectivity index (χ0v) is 9.71. The number of ether oxygens (including phenoxy) is 1. The van der Waals surface area contributed by atoms with Crippen LogP contribution in [0.15, 0.2) is 12.1 Å². The maximum absolute atomic E-state index is 9.66. The Morgan fingerprint density at radius 2 is 2.20 bits per heavy atom. The van der Waals surface area contributed by atoms with E-state index in [0.29, 0.717) is 10.8 Å². The lowest BCUT2D eigenvalue weighted by atomic mass is 10.1. The molecule has 0 bridgehead atoms. The van der Waals surface area contributed by atoms with Crippen LogP contribution >= 0.6 is 11.6 Å². The van der Waals surface area contributed by atoms with Crippen molar-refractivity contribution in [1.82, 2.24) is 0 Å². The first-order chi connectivity index (χ1) is 7.06. The van der Waals surface area contributed by atoms with Crippen molar-refractivity contribution < 1.29 is 9.84 Å². The molecule has 0 spiro atoms. The fraction of sp³-hybridized carbons (Fsp3) is 0.455. The predicted octanol–water partition coefficient (Wildman–Crippen LogP) is 2.33. The Labute approximate surface area is 94.8 Å². The van der Waals surface area contributed by atoms with Crippen LogP contribution < -0.4 is 10.5 Å². The van der Waals surface area contributed by atoms with Gasteiger partial charge in [-0.25, -0.2) is 0 Å². The molecule has 0 radical (unpaired) electrons. The van der Waals surface area contributed by atoms with Crippen LogP contribution in [0.3, 0.4) is 0 Å². The minimum Gasteiger partial charge on any atom is -0.503 e. The highest BCUT2D eigenvalue weighted by Crippen LogP contribution is 2.36. The first-order valence-electron chi connectivity index (χ1n) is 4.86. The molecule has 0 aromatic heterocycles. The van der Waals surface area contributed by atoms with E-state index in [1.807, 2.05) is 13.0 Å². The van der Waals surface area contributed by atoms with Crippen LogP contribution in [-0.4, -0.2) is 18.3 Å². The van der Waals surface area contributed by atoms with Crippen molar-refractivity contribution in [3.05, 3.63) is 22.7 Å². The van der Waals surface area contributed by atoms with Crippen molar-refractivity contribution in [2.24, 2.45) is 5.73 Å². The van der Waals surface area contributed by atoms with Gasteiger partial charge < -0.3 is 15.6 Å². The Hall–Kier alpha value is -0.930. The molecule has 0 saturated carbocycles. The van der Waals surface area contributed by atoms with E-state index in [1.54, 1.807) is 6.07 Å². The van der Waals surface area contributed by atoms with Gasteiger partial charge in [-0.1, -0.05) is 17.7 Å². The zero-order valence-electron chi connectivity index (χ0n) is 8.96. The fourth-order valence-electron chi connectivity index (χ4n) is 1.33. The Balaban J connectivity index is 2.87. The minimum absolute atomic E-state index is 0.00124. The molecular weight excluding hydrogens is 214 g/mol. The monoisotopic (exact) mass is 229 g/mol. The molecule has 3 N–H and O–H groups in total. The van der Waals surface area contributed by atoms with Gasteiger partial charge in [-0.2, -0.15) is 0 Å². The molecular formula is C11H16ClNO2. The summed E-state index contributed by atoms with van der Waals surface area (Å²) in [5, 5.41) is 10.0. The number of halogens is 1. The van der Waals surface area contributed by atoms with Crippen LogP contribution in [-0.2, 0) is 6.42 Å². The normalized spacial score (nSPS) is 12.5. The standard InChI is InChI=1S/C11H16ClNO2/c1-7(13)3-4-8-5-6-9(15-2)11(14)10(8)12/h5-7,14H,3-4,13H2,1-2H3. The second-order valence-electron chi connectivity index (χ2n) is 3.61. The minimum atomic E-state index is 0.00124. The highest BCUT2D eigenvalue weighted by atomic mass is 35.5. The third-order valence-electron chi connectivity index (χ3n) is 2.25. The van der Waals surface area contributed by atoms with E-state index >= 15 is 0 Å². The summed E-state index contributed by atoms with van der Waals surface area (Å²) in [7, 11) is 1.49. The summed E-state index contributed by atoms with van der Waals surface area (Å²) in [6.45, 7) is 1.94. The van der Waals surface area contributed by atoms with E-state index in [0.717, 1.165) is 18.4 Å². The molecule has 1 rings (SSSR count). The molecule has 1 unspecified atom stereocenters. The summed E-state index contributed by atoms with van der Waals surface area (Å²) in [5.74, 6) is 0.394. The third kappa shape index (κ3) is 3.01. The van der Waals surface area contributed by atoms with Crippen LogP contribution in [0.1, 0.15) is 18.9 Å². The highest BCUT2D eigenvalue weighted by molar-refractivity contribution is 6.33. The van der Waals surface area contributed by atoms with Crippen molar-refractivity contribution in [3.63, 3.8) is 0 Å². The average molecular weight is 230 g/mol. The Morgan fingerprint density at radius 1 is 1.53 bits per heavy atom. The number of methoxy groups -OCH3 is 1. The number of hydrogen-bond acceptors (Lipinski definition) is 3. The van der Waals surface area contributed by atoms with Gasteiger partial charge in [0.2, 0.25) is 0 Å². The zero-order chi connectivity index (χ0) is 11.4. The van der Waals surface area contributed by atoms with Crippen LogP contribution in [0.2, 0.25) is 5.02 Å². The van der Waals surface area contributed by atoms with Gasteiger partial charge in [0.05, 0.1) is 12.1 Å². The maximum Gasteiger partial charge on any atom is 0.177 e. The number of benzene rings is 1. The van der Waals surface area contributed by atoms with Crippen LogP contribution in [0.5, 0.6) is 11.5 Å². The highest BCUT2D eigenvalue weighted by Gasteiger charge is 2.11. The molecule has 15 heavy (non-hydrogen) atoms. The van der Waals surface area contributed by atoms with Gasteiger partial charge in [0.1, 0.15) is 0 Å². The number of phenols is 1. The second kappa shape index (κ2) is 5.24. The summed E-state index contributed by atoms with van der Waals surface area (Å²) in [6, 6.07) is 3.69. The molecule has 0 aliphatic rings. The topological polar surface area (TPSA) is 55.5 Å². The van der Waals surface area contributed by atoms with Gasteiger partial charge in [0, 0.05) is 6.04 Å². The van der Waals surface area contributed by atoms with Crippen molar-refractivity contribution in [3.8, 4) is 11.5 Å². The molecule has 0 fully saturated rings. The van der Waals surface area contributed by atoms with E-state index in [9.17, 15) is 5.11 Å². The molecule has 84 valence electrons. The van der Waals surface area contributed by atoms with Gasteiger partial charge in [-0.3, -0.25) is 0 Å². The lowest BCUT2D eigenvalue weighted by Gasteiger charge is -2.10. The Morgan fingerprint density at radius 3 is 2.73 bits per heavy atom. The van der Waals surface area contributed by atoms with E-state index in [4.69, 9.17) is 22.1 Å².